The third-order valence-electron chi connectivity index (χ3n) is 1.21. The molecule has 2 nitrogen and oxygen atoms in total. The van der Waals surface area contributed by atoms with E-state index < -0.39 is 0 Å². The van der Waals surface area contributed by atoms with Crippen molar-refractivity contribution in [2.75, 3.05) is 20.0 Å². The normalized spacial score (nSPS) is 23.6. The molecule has 1 aliphatic heterocycles. The first kappa shape index (κ1) is 6.05. The van der Waals surface area contributed by atoms with Crippen LogP contribution in [0.4, 0.5) is 0 Å². The minimum atomic E-state index is 0.420. The van der Waals surface area contributed by atoms with Crippen LogP contribution in [0.15, 0.2) is 0 Å². The molecular weight excluding hydrogens is 104 g/mol. The second-order valence-electron chi connectivity index (χ2n) is 1.96. The second-order valence-corrected chi connectivity index (χ2v) is 1.96. The molecule has 1 aliphatic rings. The van der Waals surface area contributed by atoms with Crippen LogP contribution in [0.3, 0.4) is 0 Å². The first-order chi connectivity index (χ1) is 3.93. The van der Waals surface area contributed by atoms with Gasteiger partial charge < -0.3 is 9.47 Å². The average molecular weight is 114 g/mol. The van der Waals surface area contributed by atoms with Crippen LogP contribution in [0.1, 0.15) is 6.42 Å². The van der Waals surface area contributed by atoms with E-state index in [1.165, 1.54) is 0 Å². The predicted octanol–water partition coefficient (Wildman–Crippen LogP) is 0.708. The van der Waals surface area contributed by atoms with Crippen molar-refractivity contribution < 1.29 is 9.47 Å². The molecule has 0 unspecified atom stereocenters. The van der Waals surface area contributed by atoms with Gasteiger partial charge in [-0.3, -0.25) is 0 Å². The highest BCUT2D eigenvalue weighted by atomic mass is 16.7. The van der Waals surface area contributed by atoms with E-state index in [9.17, 15) is 0 Å². The van der Waals surface area contributed by atoms with Gasteiger partial charge in [0.25, 0.3) is 0 Å². The largest absolute Gasteiger partial charge is 0.355 e. The van der Waals surface area contributed by atoms with Crippen LogP contribution in [-0.2, 0) is 9.47 Å². The minimum Gasteiger partial charge on any atom is -0.355 e. The maximum absolute atomic E-state index is 5.34. The van der Waals surface area contributed by atoms with E-state index >= 15 is 0 Å². The Morgan fingerprint density at radius 3 is 2.38 bits per heavy atom. The van der Waals surface area contributed by atoms with Crippen LogP contribution >= 0.6 is 0 Å². The summed E-state index contributed by atoms with van der Waals surface area (Å²) in [4.78, 5) is 0. The van der Waals surface area contributed by atoms with Gasteiger partial charge in [-0.2, -0.15) is 0 Å². The Morgan fingerprint density at radius 1 is 1.38 bits per heavy atom. The Kier molecular flexibility index (Phi) is 2.30. The van der Waals surface area contributed by atoms with Crippen molar-refractivity contribution in [1.29, 1.82) is 0 Å². The van der Waals surface area contributed by atoms with Crippen LogP contribution in [-0.4, -0.2) is 20.0 Å². The molecule has 1 saturated heterocycles. The van der Waals surface area contributed by atoms with Gasteiger partial charge in [0.2, 0.25) is 0 Å². The Hall–Kier alpha value is -0.0800. The predicted molar refractivity (Wildman–Crippen MR) is 29.2 cm³/mol. The second kappa shape index (κ2) is 3.05. The maximum atomic E-state index is 5.34. The SMILES string of the molecule is [CH]CC1COCOC1. The van der Waals surface area contributed by atoms with Crippen molar-refractivity contribution in [3.63, 3.8) is 0 Å². The molecule has 1 rings (SSSR count). The Morgan fingerprint density at radius 2 is 2.00 bits per heavy atom. The molecule has 2 radical (unpaired) electrons. The van der Waals surface area contributed by atoms with Crippen molar-refractivity contribution in [2.45, 2.75) is 6.42 Å². The van der Waals surface area contributed by atoms with E-state index in [-0.39, 0.29) is 0 Å². The van der Waals surface area contributed by atoms with Gasteiger partial charge in [-0.25, -0.2) is 0 Å². The molecule has 0 aromatic heterocycles. The summed E-state index contributed by atoms with van der Waals surface area (Å²) in [6.07, 6.45) is 0.667. The summed E-state index contributed by atoms with van der Waals surface area (Å²) in [7, 11) is 0. The van der Waals surface area contributed by atoms with E-state index in [0.29, 0.717) is 19.1 Å². The molecule has 0 amide bonds. The summed E-state index contributed by atoms with van der Waals surface area (Å²) in [6.45, 7) is 7.31. The van der Waals surface area contributed by atoms with E-state index in [4.69, 9.17) is 16.4 Å². The highest BCUT2D eigenvalue weighted by molar-refractivity contribution is 4.59. The van der Waals surface area contributed by atoms with Gasteiger partial charge in [-0.1, -0.05) is 0 Å². The average Bonchev–Trinajstić information content (AvgIpc) is 1.90. The Balaban J connectivity index is 2.13. The molecule has 0 aliphatic carbocycles. The fourth-order valence-corrected chi connectivity index (χ4v) is 0.673. The lowest BCUT2D eigenvalue weighted by molar-refractivity contribution is -0.125. The minimum absolute atomic E-state index is 0.420. The fourth-order valence-electron chi connectivity index (χ4n) is 0.673. The molecule has 46 valence electrons. The fraction of sp³-hybridized carbons (Fsp3) is 0.833. The molecule has 0 aromatic carbocycles. The zero-order chi connectivity index (χ0) is 5.82. The third-order valence-corrected chi connectivity index (χ3v) is 1.21. The van der Waals surface area contributed by atoms with Crippen LogP contribution in [0.5, 0.6) is 0 Å². The molecule has 2 heteroatoms. The maximum Gasteiger partial charge on any atom is 0.146 e. The molecule has 0 spiro atoms. The first-order valence-electron chi connectivity index (χ1n) is 2.79. The molecule has 1 heterocycles. The van der Waals surface area contributed by atoms with Crippen molar-refractivity contribution in [1.82, 2.24) is 0 Å². The monoisotopic (exact) mass is 114 g/mol. The highest BCUT2D eigenvalue weighted by Crippen LogP contribution is 2.07. The molecule has 8 heavy (non-hydrogen) atoms. The molecular formula is C6H10O2. The van der Waals surface area contributed by atoms with E-state index in [0.717, 1.165) is 13.2 Å². The highest BCUT2D eigenvalue weighted by Gasteiger charge is 2.10. The smallest absolute Gasteiger partial charge is 0.146 e. The molecule has 0 aromatic rings. The van der Waals surface area contributed by atoms with Crippen molar-refractivity contribution in [3.05, 3.63) is 6.92 Å². The van der Waals surface area contributed by atoms with Crippen molar-refractivity contribution in [3.8, 4) is 0 Å². The summed E-state index contributed by atoms with van der Waals surface area (Å²) in [5.41, 5.74) is 0. The zero-order valence-corrected chi connectivity index (χ0v) is 4.80. The molecule has 0 atom stereocenters. The molecule has 0 bridgehead atoms. The lowest BCUT2D eigenvalue weighted by atomic mass is 10.1. The lowest BCUT2D eigenvalue weighted by Gasteiger charge is -2.20. The van der Waals surface area contributed by atoms with E-state index in [1.54, 1.807) is 0 Å². The van der Waals surface area contributed by atoms with Gasteiger partial charge in [0.05, 0.1) is 13.2 Å². The van der Waals surface area contributed by atoms with Gasteiger partial charge >= 0.3 is 0 Å². The van der Waals surface area contributed by atoms with Gasteiger partial charge in [0.15, 0.2) is 0 Å². The number of rotatable bonds is 1. The van der Waals surface area contributed by atoms with Gasteiger partial charge in [0.1, 0.15) is 6.79 Å². The standard InChI is InChI=1S/C6H10O2/c1-2-6-3-7-5-8-4-6/h1,6H,2-5H2. The summed E-state index contributed by atoms with van der Waals surface area (Å²) < 4.78 is 9.94. The Labute approximate surface area is 49.8 Å². The summed E-state index contributed by atoms with van der Waals surface area (Å²) in [5, 5.41) is 0. The summed E-state index contributed by atoms with van der Waals surface area (Å²) in [5.74, 6) is 0.420. The van der Waals surface area contributed by atoms with E-state index in [1.807, 2.05) is 0 Å². The van der Waals surface area contributed by atoms with Crippen LogP contribution in [0.25, 0.3) is 0 Å². The lowest BCUT2D eigenvalue weighted by Crippen LogP contribution is -2.23. The topological polar surface area (TPSA) is 18.5 Å². The quantitative estimate of drug-likeness (QED) is 0.499. The Bertz CT molecular complexity index is 57.5. The van der Waals surface area contributed by atoms with Gasteiger partial charge in [-0.05, 0) is 13.3 Å². The third kappa shape index (κ3) is 1.46. The van der Waals surface area contributed by atoms with Gasteiger partial charge in [-0.15, -0.1) is 0 Å². The van der Waals surface area contributed by atoms with Crippen LogP contribution in [0.2, 0.25) is 0 Å². The number of hydrogen-bond acceptors (Lipinski definition) is 2. The van der Waals surface area contributed by atoms with Crippen LogP contribution < -0.4 is 0 Å². The molecule has 0 saturated carbocycles. The summed E-state index contributed by atoms with van der Waals surface area (Å²) >= 11 is 0. The zero-order valence-electron chi connectivity index (χ0n) is 4.80. The van der Waals surface area contributed by atoms with Crippen LogP contribution in [0, 0.1) is 12.8 Å². The van der Waals surface area contributed by atoms with E-state index in [2.05, 4.69) is 0 Å². The molecule has 0 N–H and O–H groups in total. The molecule has 1 fully saturated rings. The van der Waals surface area contributed by atoms with Crippen molar-refractivity contribution in [2.24, 2.45) is 5.92 Å². The first-order valence-corrected chi connectivity index (χ1v) is 2.79. The number of ether oxygens (including phenoxy) is 2. The number of hydrogen-bond donors (Lipinski definition) is 0. The van der Waals surface area contributed by atoms with Gasteiger partial charge in [0, 0.05) is 5.92 Å². The summed E-state index contributed by atoms with van der Waals surface area (Å²) in [6, 6.07) is 0. The van der Waals surface area contributed by atoms with Crippen molar-refractivity contribution >= 4 is 0 Å².